The molecule has 1 heterocycles. The predicted octanol–water partition coefficient (Wildman–Crippen LogP) is 7.17. The second kappa shape index (κ2) is 12.7. The number of rotatable bonds is 4. The molecule has 4 rings (SSSR count). The molecule has 2 aromatic rings. The molecule has 2 N–H and O–H groups in total. The second-order valence-electron chi connectivity index (χ2n) is 7.25. The first-order chi connectivity index (χ1) is 14.5. The molecule has 1 aliphatic heterocycles. The number of allylic oxidation sites excluding steroid dienone is 1. The summed E-state index contributed by atoms with van der Waals surface area (Å²) in [5.41, 5.74) is 4.46. The molecule has 1 aliphatic carbocycles. The summed E-state index contributed by atoms with van der Waals surface area (Å²) in [7, 11) is 1.36. The zero-order valence-electron chi connectivity index (χ0n) is 18.0. The minimum absolute atomic E-state index is 0. The zero-order chi connectivity index (χ0) is 21.5. The third kappa shape index (κ3) is 7.11. The van der Waals surface area contributed by atoms with Crippen LogP contribution in [0.4, 0.5) is 0 Å². The van der Waals surface area contributed by atoms with Gasteiger partial charge in [0, 0.05) is 5.92 Å². The summed E-state index contributed by atoms with van der Waals surface area (Å²) < 4.78 is 0. The number of hydrogen-bond acceptors (Lipinski definition) is 2. The Labute approximate surface area is 200 Å². The summed E-state index contributed by atoms with van der Waals surface area (Å²) in [6, 6.07) is 14.5. The maximum atomic E-state index is 9.58. The van der Waals surface area contributed by atoms with Gasteiger partial charge in [0.15, 0.2) is 0 Å². The summed E-state index contributed by atoms with van der Waals surface area (Å²) >= 11 is 0. The molecule has 4 heteroatoms. The van der Waals surface area contributed by atoms with Crippen LogP contribution in [0.3, 0.4) is 0 Å². The van der Waals surface area contributed by atoms with Crippen molar-refractivity contribution in [3.05, 3.63) is 121 Å². The summed E-state index contributed by atoms with van der Waals surface area (Å²) in [5.74, 6) is 4.57. The van der Waals surface area contributed by atoms with E-state index >= 15 is 0 Å². The van der Waals surface area contributed by atoms with Gasteiger partial charge in [0.25, 0.3) is 0 Å². The summed E-state index contributed by atoms with van der Waals surface area (Å²) in [4.78, 5) is 0. The SMILES string of the molecule is CCC([C]1[CH][CH][CH][CH]1)=C(c1ccc(O)cc1)c1ccc(O)cc1.C[C]1[CH][P][CH][C]1C.[Fe+2]. The third-order valence-electron chi connectivity index (χ3n) is 5.14. The number of phenols is 2. The Morgan fingerprint density at radius 3 is 1.48 bits per heavy atom. The van der Waals surface area contributed by atoms with E-state index in [4.69, 9.17) is 0 Å². The molecule has 0 amide bonds. The van der Waals surface area contributed by atoms with Crippen LogP contribution < -0.4 is 0 Å². The van der Waals surface area contributed by atoms with E-state index in [2.05, 4.69) is 45.9 Å². The Morgan fingerprint density at radius 2 is 1.16 bits per heavy atom. The first-order valence-electron chi connectivity index (χ1n) is 10.1. The Morgan fingerprint density at radius 1 is 0.742 bits per heavy atom. The fourth-order valence-corrected chi connectivity index (χ4v) is 4.27. The molecule has 0 spiro atoms. The van der Waals surface area contributed by atoms with Gasteiger partial charge < -0.3 is 10.2 Å². The average molecular weight is 470 g/mol. The van der Waals surface area contributed by atoms with E-state index in [1.54, 1.807) is 24.3 Å². The molecule has 1 saturated carbocycles. The standard InChI is InChI=1S/C21H19O2.C6H8P.Fe/c1-2-20(15-5-3-4-6-15)21(16-7-11-18(22)12-8-16)17-9-13-19(23)14-10-17;1-5-3-7-4-6(5)2;/h3-14,22-23H,2H2,1H3;3-4H,1-2H3;/q;;+2. The zero-order valence-corrected chi connectivity index (χ0v) is 20.0. The van der Waals surface area contributed by atoms with Crippen molar-refractivity contribution in [2.75, 3.05) is 0 Å². The fraction of sp³-hybridized carbons (Fsp3) is 0.148. The molecular weight excluding hydrogens is 443 g/mol. The van der Waals surface area contributed by atoms with Crippen molar-refractivity contribution in [1.82, 2.24) is 0 Å². The number of hydrogen-bond donors (Lipinski definition) is 2. The molecule has 158 valence electrons. The van der Waals surface area contributed by atoms with E-state index in [9.17, 15) is 10.2 Å². The Kier molecular flexibility index (Phi) is 10.6. The van der Waals surface area contributed by atoms with Gasteiger partial charge in [0.05, 0.1) is 0 Å². The molecule has 2 nitrogen and oxygen atoms in total. The van der Waals surface area contributed by atoms with Crippen LogP contribution in [0.25, 0.3) is 5.57 Å². The van der Waals surface area contributed by atoms with Crippen molar-refractivity contribution < 1.29 is 27.3 Å². The molecule has 2 aromatic carbocycles. The summed E-state index contributed by atoms with van der Waals surface area (Å²) in [6.45, 7) is 6.43. The van der Waals surface area contributed by atoms with Crippen LogP contribution in [-0.2, 0) is 17.1 Å². The van der Waals surface area contributed by atoms with Crippen molar-refractivity contribution in [1.29, 1.82) is 0 Å². The van der Waals surface area contributed by atoms with Crippen LogP contribution in [-0.4, -0.2) is 10.2 Å². The quantitative estimate of drug-likeness (QED) is 0.367. The van der Waals surface area contributed by atoms with Gasteiger partial charge in [-0.2, -0.15) is 0 Å². The first-order valence-corrected chi connectivity index (χ1v) is 11.1. The van der Waals surface area contributed by atoms with Crippen LogP contribution in [0.15, 0.2) is 54.1 Å². The van der Waals surface area contributed by atoms with Crippen molar-refractivity contribution in [3.8, 4) is 11.5 Å². The monoisotopic (exact) mass is 470 g/mol. The minimum atomic E-state index is 0. The minimum Gasteiger partial charge on any atom is -0.508 e. The number of aromatic hydroxyl groups is 2. The molecule has 0 bridgehead atoms. The first kappa shape index (κ1) is 26.0. The van der Waals surface area contributed by atoms with E-state index in [1.165, 1.54) is 31.9 Å². The predicted molar refractivity (Wildman–Crippen MR) is 126 cm³/mol. The van der Waals surface area contributed by atoms with E-state index < -0.39 is 0 Å². The molecule has 0 atom stereocenters. The van der Waals surface area contributed by atoms with Crippen LogP contribution >= 0.6 is 8.58 Å². The molecule has 0 unspecified atom stereocenters. The van der Waals surface area contributed by atoms with Crippen LogP contribution in [0.2, 0.25) is 0 Å². The van der Waals surface area contributed by atoms with Crippen LogP contribution in [0, 0.1) is 55.8 Å². The van der Waals surface area contributed by atoms with Crippen molar-refractivity contribution >= 4 is 14.2 Å². The molecule has 2 aliphatic rings. The average Bonchev–Trinajstić information content (AvgIpc) is 3.41. The maximum absolute atomic E-state index is 9.58. The molecule has 1 saturated heterocycles. The molecule has 2 fully saturated rings. The maximum Gasteiger partial charge on any atom is 2.00 e. The van der Waals surface area contributed by atoms with Crippen molar-refractivity contribution in [3.63, 3.8) is 0 Å². The van der Waals surface area contributed by atoms with Gasteiger partial charge in [-0.05, 0) is 97.2 Å². The molecular formula is C27H27FeO2P+2. The van der Waals surface area contributed by atoms with Gasteiger partial charge in [-0.15, -0.1) is 0 Å². The smallest absolute Gasteiger partial charge is 0.508 e. The van der Waals surface area contributed by atoms with Crippen LogP contribution in [0.5, 0.6) is 11.5 Å². The van der Waals surface area contributed by atoms with Crippen LogP contribution in [0.1, 0.15) is 38.3 Å². The van der Waals surface area contributed by atoms with E-state index in [0.29, 0.717) is 0 Å². The summed E-state index contributed by atoms with van der Waals surface area (Å²) in [6.07, 6.45) is 13.6. The van der Waals surface area contributed by atoms with Gasteiger partial charge in [0.2, 0.25) is 0 Å². The summed E-state index contributed by atoms with van der Waals surface area (Å²) in [5, 5.41) is 19.2. The Balaban J connectivity index is 0.000000364. The van der Waals surface area contributed by atoms with Gasteiger partial charge in [-0.3, -0.25) is 0 Å². The van der Waals surface area contributed by atoms with Gasteiger partial charge in [-0.25, -0.2) is 0 Å². The molecule has 0 aromatic heterocycles. The van der Waals surface area contributed by atoms with E-state index in [1.807, 2.05) is 37.1 Å². The second-order valence-corrected chi connectivity index (χ2v) is 8.06. The molecule has 31 heavy (non-hydrogen) atoms. The Bertz CT molecular complexity index is 768. The normalized spacial score (nSPS) is 17.0. The largest absolute Gasteiger partial charge is 2.00 e. The van der Waals surface area contributed by atoms with Gasteiger partial charge in [0.1, 0.15) is 11.5 Å². The van der Waals surface area contributed by atoms with E-state index in [0.717, 1.165) is 23.1 Å². The van der Waals surface area contributed by atoms with E-state index in [-0.39, 0.29) is 28.6 Å². The van der Waals surface area contributed by atoms with Crippen molar-refractivity contribution in [2.45, 2.75) is 27.2 Å². The fourth-order valence-electron chi connectivity index (χ4n) is 3.34. The number of benzene rings is 2. The topological polar surface area (TPSA) is 40.5 Å². The molecule has 10 radical (unpaired) electrons. The van der Waals surface area contributed by atoms with Gasteiger partial charge in [-0.1, -0.05) is 59.2 Å². The van der Waals surface area contributed by atoms with Crippen molar-refractivity contribution in [2.24, 2.45) is 0 Å². The van der Waals surface area contributed by atoms with Gasteiger partial charge >= 0.3 is 17.1 Å². The Hall–Kier alpha value is -1.27. The number of phenolic OH excluding ortho intramolecular Hbond substituents is 2. The third-order valence-corrected chi connectivity index (χ3v) is 6.21.